The first-order valence-electron chi connectivity index (χ1n) is 6.39. The molecule has 1 saturated heterocycles. The Kier molecular flexibility index (Phi) is 2.29. The first-order chi connectivity index (χ1) is 6.88. The molecule has 0 bridgehead atoms. The Hall–Kier alpha value is -0.0800. The first-order valence-corrected chi connectivity index (χ1v) is 6.39. The molecule has 1 spiro atoms. The van der Waals surface area contributed by atoms with Crippen LogP contribution in [-0.4, -0.2) is 24.2 Å². The maximum atomic E-state index is 3.95. The Morgan fingerprint density at radius 3 is 2.36 bits per heavy atom. The number of rotatable bonds is 0. The Balaban J connectivity index is 1.68. The van der Waals surface area contributed by atoms with Crippen LogP contribution in [-0.2, 0) is 0 Å². The van der Waals surface area contributed by atoms with Crippen LogP contribution in [0.4, 0.5) is 0 Å². The van der Waals surface area contributed by atoms with Gasteiger partial charge in [-0.15, -0.1) is 0 Å². The van der Waals surface area contributed by atoms with Gasteiger partial charge in [-0.25, -0.2) is 0 Å². The van der Waals surface area contributed by atoms with E-state index in [1.54, 1.807) is 0 Å². The van der Waals surface area contributed by atoms with Crippen molar-refractivity contribution in [2.45, 2.75) is 69.0 Å². The van der Waals surface area contributed by atoms with Gasteiger partial charge in [0.15, 0.2) is 0 Å². The minimum Gasteiger partial charge on any atom is -0.311 e. The summed E-state index contributed by atoms with van der Waals surface area (Å²) in [5.74, 6) is 0. The van der Waals surface area contributed by atoms with Gasteiger partial charge in [0.25, 0.3) is 0 Å². The normalized spacial score (nSPS) is 41.1. The molecule has 2 saturated carbocycles. The van der Waals surface area contributed by atoms with Gasteiger partial charge >= 0.3 is 0 Å². The molecule has 3 fully saturated rings. The summed E-state index contributed by atoms with van der Waals surface area (Å²) in [7, 11) is 0. The molecule has 0 aromatic heterocycles. The van der Waals surface area contributed by atoms with E-state index in [9.17, 15) is 0 Å². The largest absolute Gasteiger partial charge is 0.311 e. The van der Waals surface area contributed by atoms with Gasteiger partial charge in [-0.2, -0.15) is 0 Å². The standard InChI is InChI=1S/C12H22N2/c1-2-5-10-11(6-3-1)14-12(9-13-10)7-4-8-12/h10-11,13-14H,1-9H2. The lowest BCUT2D eigenvalue weighted by atomic mass is 9.73. The van der Waals surface area contributed by atoms with Gasteiger partial charge in [-0.1, -0.05) is 19.3 Å². The molecule has 3 rings (SSSR count). The smallest absolute Gasteiger partial charge is 0.0309 e. The molecule has 0 aromatic carbocycles. The summed E-state index contributed by atoms with van der Waals surface area (Å²) in [6.45, 7) is 1.23. The summed E-state index contributed by atoms with van der Waals surface area (Å²) >= 11 is 0. The van der Waals surface area contributed by atoms with Crippen LogP contribution in [0.15, 0.2) is 0 Å². The van der Waals surface area contributed by atoms with Crippen LogP contribution in [0.5, 0.6) is 0 Å². The molecule has 3 aliphatic rings. The van der Waals surface area contributed by atoms with Crippen molar-refractivity contribution in [1.82, 2.24) is 10.6 Å². The molecule has 14 heavy (non-hydrogen) atoms. The van der Waals surface area contributed by atoms with E-state index in [1.807, 2.05) is 0 Å². The molecule has 2 unspecified atom stereocenters. The minimum absolute atomic E-state index is 0.519. The Morgan fingerprint density at radius 1 is 0.857 bits per heavy atom. The Bertz CT molecular complexity index is 210. The summed E-state index contributed by atoms with van der Waals surface area (Å²) in [5, 5.41) is 7.74. The predicted molar refractivity (Wildman–Crippen MR) is 58.4 cm³/mol. The highest BCUT2D eigenvalue weighted by molar-refractivity contribution is 5.06. The predicted octanol–water partition coefficient (Wildman–Crippen LogP) is 1.80. The van der Waals surface area contributed by atoms with Crippen LogP contribution in [0.2, 0.25) is 0 Å². The number of fused-ring (bicyclic) bond motifs is 1. The zero-order chi connectivity index (χ0) is 9.43. The number of hydrogen-bond donors (Lipinski definition) is 2. The van der Waals surface area contributed by atoms with Gasteiger partial charge in [-0.3, -0.25) is 0 Å². The summed E-state index contributed by atoms with van der Waals surface area (Å²) in [4.78, 5) is 0. The average Bonchev–Trinajstić information content (AvgIpc) is 2.38. The molecule has 2 N–H and O–H groups in total. The van der Waals surface area contributed by atoms with Crippen molar-refractivity contribution in [3.8, 4) is 0 Å². The monoisotopic (exact) mass is 194 g/mol. The number of piperazine rings is 1. The molecule has 0 aromatic rings. The van der Waals surface area contributed by atoms with Crippen molar-refractivity contribution in [3.05, 3.63) is 0 Å². The lowest BCUT2D eigenvalue weighted by molar-refractivity contribution is 0.0985. The average molecular weight is 194 g/mol. The van der Waals surface area contributed by atoms with E-state index in [1.165, 1.54) is 57.9 Å². The third-order valence-corrected chi connectivity index (χ3v) is 4.52. The number of nitrogens with one attached hydrogen (secondary N) is 2. The molecule has 2 aliphatic carbocycles. The second-order valence-electron chi connectivity index (χ2n) is 5.51. The van der Waals surface area contributed by atoms with Crippen molar-refractivity contribution in [2.24, 2.45) is 0 Å². The van der Waals surface area contributed by atoms with Crippen LogP contribution in [0.25, 0.3) is 0 Å². The SMILES string of the molecule is C1CCC2NCC3(CCC3)NC2CC1. The lowest BCUT2D eigenvalue weighted by Gasteiger charge is -2.51. The lowest BCUT2D eigenvalue weighted by Crippen LogP contribution is -2.70. The van der Waals surface area contributed by atoms with Crippen LogP contribution in [0, 0.1) is 0 Å². The molecule has 2 atom stereocenters. The van der Waals surface area contributed by atoms with Gasteiger partial charge in [0.05, 0.1) is 0 Å². The van der Waals surface area contributed by atoms with Crippen LogP contribution in [0.1, 0.15) is 51.4 Å². The number of hydrogen-bond acceptors (Lipinski definition) is 2. The van der Waals surface area contributed by atoms with E-state index in [2.05, 4.69) is 10.6 Å². The minimum atomic E-state index is 0.519. The molecular formula is C12H22N2. The maximum absolute atomic E-state index is 3.95. The van der Waals surface area contributed by atoms with Gasteiger partial charge in [0.1, 0.15) is 0 Å². The fourth-order valence-corrected chi connectivity index (χ4v) is 3.42. The van der Waals surface area contributed by atoms with Crippen LogP contribution in [0.3, 0.4) is 0 Å². The molecular weight excluding hydrogens is 172 g/mol. The molecule has 1 aliphatic heterocycles. The van der Waals surface area contributed by atoms with Crippen molar-refractivity contribution < 1.29 is 0 Å². The van der Waals surface area contributed by atoms with Crippen molar-refractivity contribution in [1.29, 1.82) is 0 Å². The quantitative estimate of drug-likeness (QED) is 0.614. The summed E-state index contributed by atoms with van der Waals surface area (Å²) < 4.78 is 0. The van der Waals surface area contributed by atoms with E-state index in [4.69, 9.17) is 0 Å². The van der Waals surface area contributed by atoms with Crippen molar-refractivity contribution in [3.63, 3.8) is 0 Å². The Morgan fingerprint density at radius 2 is 1.64 bits per heavy atom. The molecule has 0 radical (unpaired) electrons. The van der Waals surface area contributed by atoms with E-state index < -0.39 is 0 Å². The Labute approximate surface area is 86.8 Å². The fraction of sp³-hybridized carbons (Fsp3) is 1.00. The fourth-order valence-electron chi connectivity index (χ4n) is 3.42. The van der Waals surface area contributed by atoms with E-state index >= 15 is 0 Å². The van der Waals surface area contributed by atoms with E-state index in [-0.39, 0.29) is 0 Å². The second-order valence-corrected chi connectivity index (χ2v) is 5.51. The summed E-state index contributed by atoms with van der Waals surface area (Å²) in [6.07, 6.45) is 11.4. The van der Waals surface area contributed by atoms with E-state index in [0.29, 0.717) is 5.54 Å². The van der Waals surface area contributed by atoms with Gasteiger partial charge in [0.2, 0.25) is 0 Å². The third kappa shape index (κ3) is 1.49. The van der Waals surface area contributed by atoms with E-state index in [0.717, 1.165) is 12.1 Å². The third-order valence-electron chi connectivity index (χ3n) is 4.52. The highest BCUT2D eigenvalue weighted by Crippen LogP contribution is 2.35. The van der Waals surface area contributed by atoms with Crippen LogP contribution < -0.4 is 10.6 Å². The topological polar surface area (TPSA) is 24.1 Å². The van der Waals surface area contributed by atoms with Gasteiger partial charge < -0.3 is 10.6 Å². The van der Waals surface area contributed by atoms with Crippen molar-refractivity contribution >= 4 is 0 Å². The zero-order valence-electron chi connectivity index (χ0n) is 9.02. The summed E-state index contributed by atoms with van der Waals surface area (Å²) in [6, 6.07) is 1.57. The second kappa shape index (κ2) is 3.49. The molecule has 1 heterocycles. The van der Waals surface area contributed by atoms with Gasteiger partial charge in [-0.05, 0) is 32.1 Å². The zero-order valence-corrected chi connectivity index (χ0v) is 9.02. The molecule has 2 heteroatoms. The van der Waals surface area contributed by atoms with Crippen LogP contribution >= 0.6 is 0 Å². The highest BCUT2D eigenvalue weighted by atomic mass is 15.2. The molecule has 80 valence electrons. The maximum Gasteiger partial charge on any atom is 0.0309 e. The first kappa shape index (κ1) is 9.17. The van der Waals surface area contributed by atoms with Crippen molar-refractivity contribution in [2.75, 3.05) is 6.54 Å². The van der Waals surface area contributed by atoms with Gasteiger partial charge in [0, 0.05) is 24.2 Å². The summed E-state index contributed by atoms with van der Waals surface area (Å²) in [5.41, 5.74) is 0.519. The highest BCUT2D eigenvalue weighted by Gasteiger charge is 2.43. The molecule has 2 nitrogen and oxygen atoms in total. The molecule has 0 amide bonds.